The summed E-state index contributed by atoms with van der Waals surface area (Å²) in [7, 11) is 1.61. The second-order valence-corrected chi connectivity index (χ2v) is 7.34. The van der Waals surface area contributed by atoms with Crippen LogP contribution in [0.2, 0.25) is 0 Å². The summed E-state index contributed by atoms with van der Waals surface area (Å²) in [4.78, 5) is 12.3. The molecule has 0 spiro atoms. The molecule has 3 atom stereocenters. The molecule has 1 amide bonds. The van der Waals surface area contributed by atoms with Gasteiger partial charge >= 0.3 is 0 Å². The van der Waals surface area contributed by atoms with Crippen molar-refractivity contribution in [3.63, 3.8) is 0 Å². The first-order valence-corrected chi connectivity index (χ1v) is 9.16. The number of amides is 1. The van der Waals surface area contributed by atoms with Crippen LogP contribution < -0.4 is 11.1 Å². The second-order valence-electron chi connectivity index (χ2n) is 7.34. The van der Waals surface area contributed by atoms with Crippen LogP contribution in [0.5, 0.6) is 0 Å². The third-order valence-corrected chi connectivity index (χ3v) is 5.07. The maximum Gasteiger partial charge on any atom is 0.223 e. The third-order valence-electron chi connectivity index (χ3n) is 5.07. The molecule has 0 aromatic carbocycles. The zero-order valence-corrected chi connectivity index (χ0v) is 15.1. The van der Waals surface area contributed by atoms with Crippen molar-refractivity contribution in [2.24, 2.45) is 23.5 Å². The summed E-state index contributed by atoms with van der Waals surface area (Å²) in [6.07, 6.45) is 7.04. The van der Waals surface area contributed by atoms with Crippen molar-refractivity contribution in [3.8, 4) is 0 Å². The van der Waals surface area contributed by atoms with Crippen molar-refractivity contribution < 1.29 is 14.6 Å². The zero-order chi connectivity index (χ0) is 17.2. The molecule has 0 radical (unpaired) electrons. The van der Waals surface area contributed by atoms with Crippen LogP contribution in [-0.2, 0) is 9.53 Å². The van der Waals surface area contributed by atoms with Gasteiger partial charge in [0.05, 0.1) is 12.7 Å². The van der Waals surface area contributed by atoms with Gasteiger partial charge < -0.3 is 20.9 Å². The zero-order valence-electron chi connectivity index (χ0n) is 15.1. The van der Waals surface area contributed by atoms with E-state index < -0.39 is 6.10 Å². The minimum absolute atomic E-state index is 0.0130. The van der Waals surface area contributed by atoms with E-state index in [2.05, 4.69) is 5.32 Å². The maximum atomic E-state index is 12.3. The number of carbonyl (C=O) groups is 1. The van der Waals surface area contributed by atoms with Gasteiger partial charge in [0.1, 0.15) is 0 Å². The molecular formula is C18H36N2O3. The van der Waals surface area contributed by atoms with Gasteiger partial charge in [0, 0.05) is 25.6 Å². The van der Waals surface area contributed by atoms with Crippen molar-refractivity contribution in [1.82, 2.24) is 5.32 Å². The fraction of sp³-hybridized carbons (Fsp3) is 0.944. The van der Waals surface area contributed by atoms with Gasteiger partial charge in [-0.3, -0.25) is 4.79 Å². The molecule has 0 aromatic heterocycles. The summed E-state index contributed by atoms with van der Waals surface area (Å²) in [6, 6.07) is -0.230. The summed E-state index contributed by atoms with van der Waals surface area (Å²) in [6.45, 7) is 5.03. The van der Waals surface area contributed by atoms with Gasteiger partial charge in [-0.1, -0.05) is 46.0 Å². The number of aliphatic hydroxyl groups is 1. The Morgan fingerprint density at radius 2 is 1.96 bits per heavy atom. The van der Waals surface area contributed by atoms with E-state index in [-0.39, 0.29) is 23.8 Å². The smallest absolute Gasteiger partial charge is 0.223 e. The van der Waals surface area contributed by atoms with Crippen LogP contribution in [0, 0.1) is 17.8 Å². The van der Waals surface area contributed by atoms with Crippen molar-refractivity contribution in [1.29, 1.82) is 0 Å². The van der Waals surface area contributed by atoms with E-state index in [4.69, 9.17) is 10.5 Å². The lowest BCUT2D eigenvalue weighted by Gasteiger charge is -2.29. The molecule has 0 unspecified atom stereocenters. The van der Waals surface area contributed by atoms with E-state index >= 15 is 0 Å². The first-order valence-electron chi connectivity index (χ1n) is 9.16. The van der Waals surface area contributed by atoms with Gasteiger partial charge in [-0.05, 0) is 24.7 Å². The molecule has 1 fully saturated rings. The topological polar surface area (TPSA) is 84.6 Å². The van der Waals surface area contributed by atoms with Crippen LogP contribution >= 0.6 is 0 Å². The van der Waals surface area contributed by atoms with Crippen LogP contribution in [0.3, 0.4) is 0 Å². The third kappa shape index (κ3) is 7.64. The predicted molar refractivity (Wildman–Crippen MR) is 93.0 cm³/mol. The molecule has 0 saturated heterocycles. The normalized spacial score (nSPS) is 20.3. The standard InChI is InChI=1S/C18H36N2O3/c1-13(2)15(18(22)20-9-10-23-3)12-17(21)16(19)11-14-7-5-4-6-8-14/h13-17,21H,4-12,19H2,1-3H3,(H,20,22)/t15-,16-,17-/m0/s1. The highest BCUT2D eigenvalue weighted by Gasteiger charge is 2.29. The van der Waals surface area contributed by atoms with Gasteiger partial charge in [0.15, 0.2) is 0 Å². The molecule has 0 aliphatic heterocycles. The van der Waals surface area contributed by atoms with Gasteiger partial charge in [-0.15, -0.1) is 0 Å². The summed E-state index contributed by atoms with van der Waals surface area (Å²) < 4.78 is 4.95. The number of carbonyl (C=O) groups excluding carboxylic acids is 1. The Morgan fingerprint density at radius 3 is 2.52 bits per heavy atom. The molecule has 136 valence electrons. The molecule has 0 aromatic rings. The molecule has 4 N–H and O–H groups in total. The summed E-state index contributed by atoms with van der Waals surface area (Å²) in [5.41, 5.74) is 6.22. The number of rotatable bonds is 10. The molecule has 1 saturated carbocycles. The predicted octanol–water partition coefficient (Wildman–Crippen LogP) is 2.07. The Morgan fingerprint density at radius 1 is 1.30 bits per heavy atom. The molecule has 1 rings (SSSR count). The number of hydrogen-bond donors (Lipinski definition) is 3. The Balaban J connectivity index is 2.45. The molecule has 23 heavy (non-hydrogen) atoms. The highest BCUT2D eigenvalue weighted by molar-refractivity contribution is 5.78. The SMILES string of the molecule is COCCNC(=O)[C@@H](C[C@H](O)[C@@H](N)CC1CCCCC1)C(C)C. The minimum atomic E-state index is -0.613. The van der Waals surface area contributed by atoms with Crippen LogP contribution in [0.25, 0.3) is 0 Å². The molecule has 0 bridgehead atoms. The molecular weight excluding hydrogens is 292 g/mol. The molecule has 5 heteroatoms. The molecule has 5 nitrogen and oxygen atoms in total. The minimum Gasteiger partial charge on any atom is -0.391 e. The quantitative estimate of drug-likeness (QED) is 0.536. The lowest BCUT2D eigenvalue weighted by atomic mass is 9.81. The number of nitrogens with one attached hydrogen (secondary N) is 1. The van der Waals surface area contributed by atoms with Crippen LogP contribution in [0.15, 0.2) is 0 Å². The molecule has 1 aliphatic carbocycles. The van der Waals surface area contributed by atoms with E-state index in [0.717, 1.165) is 6.42 Å². The second kappa shape index (κ2) is 11.0. The Hall–Kier alpha value is -0.650. The van der Waals surface area contributed by atoms with Gasteiger partial charge in [0.25, 0.3) is 0 Å². The van der Waals surface area contributed by atoms with E-state index in [1.165, 1.54) is 32.1 Å². The Labute approximate surface area is 141 Å². The van der Waals surface area contributed by atoms with Gasteiger partial charge in [-0.25, -0.2) is 0 Å². The number of ether oxygens (including phenoxy) is 1. The van der Waals surface area contributed by atoms with E-state index in [1.807, 2.05) is 13.8 Å². The van der Waals surface area contributed by atoms with E-state index in [9.17, 15) is 9.90 Å². The van der Waals surface area contributed by atoms with Crippen molar-refractivity contribution >= 4 is 5.91 Å². The van der Waals surface area contributed by atoms with E-state index in [0.29, 0.717) is 25.5 Å². The number of aliphatic hydroxyl groups excluding tert-OH is 1. The highest BCUT2D eigenvalue weighted by atomic mass is 16.5. The largest absolute Gasteiger partial charge is 0.391 e. The Bertz CT molecular complexity index is 330. The number of nitrogens with two attached hydrogens (primary N) is 1. The highest BCUT2D eigenvalue weighted by Crippen LogP contribution is 2.28. The average Bonchev–Trinajstić information content (AvgIpc) is 2.53. The van der Waals surface area contributed by atoms with Crippen LogP contribution in [-0.4, -0.2) is 43.4 Å². The van der Waals surface area contributed by atoms with Crippen molar-refractivity contribution in [2.45, 2.75) is 70.9 Å². The Kier molecular flexibility index (Phi) is 9.75. The maximum absolute atomic E-state index is 12.3. The van der Waals surface area contributed by atoms with Crippen LogP contribution in [0.4, 0.5) is 0 Å². The lowest BCUT2D eigenvalue weighted by molar-refractivity contribution is -0.127. The monoisotopic (exact) mass is 328 g/mol. The first-order chi connectivity index (χ1) is 11.0. The van der Waals surface area contributed by atoms with Crippen molar-refractivity contribution in [3.05, 3.63) is 0 Å². The summed E-state index contributed by atoms with van der Waals surface area (Å²) in [5.74, 6) is 0.593. The van der Waals surface area contributed by atoms with Gasteiger partial charge in [0.2, 0.25) is 5.91 Å². The lowest BCUT2D eigenvalue weighted by Crippen LogP contribution is -2.42. The molecule has 0 heterocycles. The van der Waals surface area contributed by atoms with Crippen LogP contribution in [0.1, 0.15) is 58.8 Å². The molecule has 1 aliphatic rings. The fourth-order valence-corrected chi connectivity index (χ4v) is 3.49. The average molecular weight is 328 g/mol. The fourth-order valence-electron chi connectivity index (χ4n) is 3.49. The van der Waals surface area contributed by atoms with Crippen molar-refractivity contribution in [2.75, 3.05) is 20.3 Å². The van der Waals surface area contributed by atoms with Gasteiger partial charge in [-0.2, -0.15) is 0 Å². The first kappa shape index (κ1) is 20.4. The van der Waals surface area contributed by atoms with E-state index in [1.54, 1.807) is 7.11 Å². The summed E-state index contributed by atoms with van der Waals surface area (Å²) in [5, 5.41) is 13.3. The number of hydrogen-bond acceptors (Lipinski definition) is 4. The summed E-state index contributed by atoms with van der Waals surface area (Å²) >= 11 is 0. The number of methoxy groups -OCH3 is 1.